The third kappa shape index (κ3) is 4.39. The van der Waals surface area contributed by atoms with Gasteiger partial charge in [0, 0.05) is 0 Å². The van der Waals surface area contributed by atoms with Gasteiger partial charge in [-0.1, -0.05) is 32.0 Å². The van der Waals surface area contributed by atoms with Crippen LogP contribution in [0.4, 0.5) is 0 Å². The Kier molecular flexibility index (Phi) is 6.03. The molecule has 0 heterocycles. The van der Waals surface area contributed by atoms with E-state index in [1.165, 1.54) is 0 Å². The molecule has 0 saturated carbocycles. The molecule has 0 fully saturated rings. The van der Waals surface area contributed by atoms with Crippen molar-refractivity contribution in [2.24, 2.45) is 0 Å². The predicted molar refractivity (Wildman–Crippen MR) is 71.9 cm³/mol. The molecule has 1 aromatic carbocycles. The van der Waals surface area contributed by atoms with Gasteiger partial charge in [0.25, 0.3) is 0 Å². The molecule has 0 aliphatic carbocycles. The Morgan fingerprint density at radius 3 is 2.27 bits per heavy atom. The van der Waals surface area contributed by atoms with Gasteiger partial charge >= 0.3 is 0 Å². The molecule has 0 amide bonds. The zero-order chi connectivity index (χ0) is 11.1. The summed E-state index contributed by atoms with van der Waals surface area (Å²) in [4.78, 5) is 0. The average Bonchev–Trinajstić information content (AvgIpc) is 2.22. The van der Waals surface area contributed by atoms with Crippen LogP contribution in [0.2, 0.25) is 0 Å². The van der Waals surface area contributed by atoms with Crippen LogP contribution in [-0.2, 0) is 6.42 Å². The fourth-order valence-corrected chi connectivity index (χ4v) is 3.94. The van der Waals surface area contributed by atoms with E-state index in [1.807, 2.05) is 41.7 Å². The first-order valence-electron chi connectivity index (χ1n) is 5.28. The van der Waals surface area contributed by atoms with Crippen LogP contribution in [0.5, 0.6) is 5.75 Å². The van der Waals surface area contributed by atoms with Crippen LogP contribution in [-0.4, -0.2) is 21.2 Å². The molecular weight excluding hydrogens is 224 g/mol. The van der Waals surface area contributed by atoms with Crippen molar-refractivity contribution in [1.29, 1.82) is 0 Å². The van der Waals surface area contributed by atoms with Crippen LogP contribution in [0, 0.1) is 0 Å². The van der Waals surface area contributed by atoms with Gasteiger partial charge in [0.1, 0.15) is 5.75 Å². The van der Waals surface area contributed by atoms with Gasteiger partial charge in [0.15, 0.2) is 0 Å². The molecule has 0 aliphatic heterocycles. The molecule has 0 radical (unpaired) electrons. The second-order valence-corrected chi connectivity index (χ2v) is 6.43. The fourth-order valence-electron chi connectivity index (χ4n) is 1.40. The lowest BCUT2D eigenvalue weighted by Gasteiger charge is -2.15. The van der Waals surface area contributed by atoms with E-state index in [-0.39, 0.29) is 0 Å². The minimum atomic E-state index is 0.427. The number of hydrogen-bond acceptors (Lipinski definition) is 3. The first kappa shape index (κ1) is 12.8. The van der Waals surface area contributed by atoms with E-state index in [9.17, 15) is 5.11 Å². The highest BCUT2D eigenvalue weighted by Gasteiger charge is 2.10. The monoisotopic (exact) mass is 242 g/mol. The Bertz CT molecular complexity index is 283. The van der Waals surface area contributed by atoms with E-state index in [4.69, 9.17) is 0 Å². The molecule has 0 unspecified atom stereocenters. The summed E-state index contributed by atoms with van der Waals surface area (Å²) >= 11 is 3.91. The molecule has 0 saturated heterocycles. The summed E-state index contributed by atoms with van der Waals surface area (Å²) in [5, 5.41) is 9.68. The lowest BCUT2D eigenvalue weighted by atomic mass is 10.1. The van der Waals surface area contributed by atoms with Crippen molar-refractivity contribution >= 4 is 23.5 Å². The minimum Gasteiger partial charge on any atom is -0.508 e. The predicted octanol–water partition coefficient (Wildman–Crippen LogP) is 3.77. The lowest BCUT2D eigenvalue weighted by Crippen LogP contribution is -2.03. The summed E-state index contributed by atoms with van der Waals surface area (Å²) in [6, 6.07) is 7.63. The topological polar surface area (TPSA) is 20.2 Å². The van der Waals surface area contributed by atoms with Crippen LogP contribution in [0.1, 0.15) is 19.4 Å². The molecule has 3 heteroatoms. The van der Waals surface area contributed by atoms with Crippen LogP contribution in [0.25, 0.3) is 0 Å². The highest BCUT2D eigenvalue weighted by Crippen LogP contribution is 2.29. The summed E-state index contributed by atoms with van der Waals surface area (Å²) in [6.45, 7) is 4.36. The highest BCUT2D eigenvalue weighted by atomic mass is 32.2. The van der Waals surface area contributed by atoms with E-state index >= 15 is 0 Å². The number of thioether (sulfide) groups is 2. The molecule has 0 aliphatic rings. The maximum atomic E-state index is 9.68. The van der Waals surface area contributed by atoms with E-state index in [1.54, 1.807) is 6.07 Å². The maximum Gasteiger partial charge on any atom is 0.118 e. The Hall–Kier alpha value is -0.280. The van der Waals surface area contributed by atoms with Gasteiger partial charge in [-0.3, -0.25) is 0 Å². The van der Waals surface area contributed by atoms with Crippen LogP contribution in [0.3, 0.4) is 0 Å². The van der Waals surface area contributed by atoms with Gasteiger partial charge in [-0.2, -0.15) is 0 Å². The molecule has 0 atom stereocenters. The Labute approximate surface area is 101 Å². The molecule has 0 bridgehead atoms. The van der Waals surface area contributed by atoms with Crippen molar-refractivity contribution in [1.82, 2.24) is 0 Å². The Balaban J connectivity index is 2.60. The number of hydrogen-bond donors (Lipinski definition) is 1. The molecule has 1 aromatic rings. The van der Waals surface area contributed by atoms with Crippen molar-refractivity contribution in [3.05, 3.63) is 29.8 Å². The SMILES string of the molecule is CCSC(Cc1ccccc1O)SCC. The molecule has 84 valence electrons. The standard InChI is InChI=1S/C12H18OS2/c1-3-14-12(15-4-2)9-10-7-5-6-8-11(10)13/h5-8,12-13H,3-4,9H2,1-2H3. The summed E-state index contributed by atoms with van der Waals surface area (Å²) in [7, 11) is 0. The average molecular weight is 242 g/mol. The summed E-state index contributed by atoms with van der Waals surface area (Å²) < 4.78 is 0.563. The van der Waals surface area contributed by atoms with E-state index in [0.717, 1.165) is 23.5 Å². The number of para-hydroxylation sites is 1. The molecule has 1 nitrogen and oxygen atoms in total. The van der Waals surface area contributed by atoms with Gasteiger partial charge in [-0.25, -0.2) is 0 Å². The van der Waals surface area contributed by atoms with E-state index in [0.29, 0.717) is 10.3 Å². The maximum absolute atomic E-state index is 9.68. The summed E-state index contributed by atoms with van der Waals surface area (Å²) in [6.07, 6.45) is 0.948. The second-order valence-electron chi connectivity index (χ2n) is 3.17. The van der Waals surface area contributed by atoms with Gasteiger partial charge in [0.05, 0.1) is 4.58 Å². The number of phenols is 1. The van der Waals surface area contributed by atoms with Crippen molar-refractivity contribution in [3.63, 3.8) is 0 Å². The van der Waals surface area contributed by atoms with E-state index < -0.39 is 0 Å². The first-order valence-corrected chi connectivity index (χ1v) is 7.37. The van der Waals surface area contributed by atoms with Gasteiger partial charge < -0.3 is 5.11 Å². The van der Waals surface area contributed by atoms with Crippen molar-refractivity contribution in [2.45, 2.75) is 24.9 Å². The zero-order valence-corrected chi connectivity index (χ0v) is 10.9. The molecule has 0 spiro atoms. The second kappa shape index (κ2) is 7.07. The molecule has 0 aromatic heterocycles. The van der Waals surface area contributed by atoms with Crippen molar-refractivity contribution < 1.29 is 5.11 Å². The number of benzene rings is 1. The van der Waals surface area contributed by atoms with Gasteiger partial charge in [-0.05, 0) is 29.6 Å². The normalized spacial score (nSPS) is 10.9. The highest BCUT2D eigenvalue weighted by molar-refractivity contribution is 8.16. The zero-order valence-electron chi connectivity index (χ0n) is 9.27. The van der Waals surface area contributed by atoms with Crippen LogP contribution in [0.15, 0.2) is 24.3 Å². The minimum absolute atomic E-state index is 0.427. The van der Waals surface area contributed by atoms with E-state index in [2.05, 4.69) is 13.8 Å². The van der Waals surface area contributed by atoms with Gasteiger partial charge in [-0.15, -0.1) is 23.5 Å². The fraction of sp³-hybridized carbons (Fsp3) is 0.500. The Morgan fingerprint density at radius 2 is 1.73 bits per heavy atom. The third-order valence-corrected chi connectivity index (χ3v) is 4.64. The van der Waals surface area contributed by atoms with Crippen molar-refractivity contribution in [3.8, 4) is 5.75 Å². The molecule has 1 rings (SSSR count). The molecule has 1 N–H and O–H groups in total. The number of rotatable bonds is 6. The third-order valence-electron chi connectivity index (χ3n) is 2.08. The number of phenolic OH excluding ortho intramolecular Hbond substituents is 1. The van der Waals surface area contributed by atoms with Gasteiger partial charge in [0.2, 0.25) is 0 Å². The van der Waals surface area contributed by atoms with Crippen LogP contribution < -0.4 is 0 Å². The summed E-state index contributed by atoms with van der Waals surface area (Å²) in [5.74, 6) is 2.69. The quantitative estimate of drug-likeness (QED) is 0.767. The lowest BCUT2D eigenvalue weighted by molar-refractivity contribution is 0.469. The first-order chi connectivity index (χ1) is 7.27. The number of aromatic hydroxyl groups is 1. The molecular formula is C12H18OS2. The smallest absolute Gasteiger partial charge is 0.118 e. The largest absolute Gasteiger partial charge is 0.508 e. The Morgan fingerprint density at radius 1 is 1.13 bits per heavy atom. The molecule has 15 heavy (non-hydrogen) atoms. The van der Waals surface area contributed by atoms with Crippen LogP contribution >= 0.6 is 23.5 Å². The summed E-state index contributed by atoms with van der Waals surface area (Å²) in [5.41, 5.74) is 1.06. The van der Waals surface area contributed by atoms with Crippen molar-refractivity contribution in [2.75, 3.05) is 11.5 Å².